The smallest absolute Gasteiger partial charge is 0.339 e. The van der Waals surface area contributed by atoms with Crippen molar-refractivity contribution in [2.24, 2.45) is 0 Å². The Hall–Kier alpha value is -3.60. The fourth-order valence-electron chi connectivity index (χ4n) is 3.15. The summed E-state index contributed by atoms with van der Waals surface area (Å²) >= 11 is 0. The molecule has 1 heterocycles. The molecular formula is C21H22N2O8S. The van der Waals surface area contributed by atoms with E-state index in [0.717, 1.165) is 4.31 Å². The SMILES string of the molecule is CCS(=O)(=O)N1C[C@H](C(=O)Nc2cc(C(=O)OC)ccc2C(=O)OC)Oc2ccccc21. The Bertz CT molecular complexity index is 1160. The number of ether oxygens (including phenoxy) is 3. The van der Waals surface area contributed by atoms with Crippen LogP contribution in [0.4, 0.5) is 11.4 Å². The molecule has 0 aliphatic carbocycles. The van der Waals surface area contributed by atoms with Gasteiger partial charge >= 0.3 is 11.9 Å². The maximum absolute atomic E-state index is 13.0. The van der Waals surface area contributed by atoms with Gasteiger partial charge < -0.3 is 19.5 Å². The number of para-hydroxylation sites is 2. The zero-order valence-electron chi connectivity index (χ0n) is 17.7. The number of carbonyl (C=O) groups is 3. The number of hydrogen-bond donors (Lipinski definition) is 1. The number of amides is 1. The molecule has 0 fully saturated rings. The van der Waals surface area contributed by atoms with Gasteiger partial charge in [0, 0.05) is 0 Å². The second-order valence-electron chi connectivity index (χ2n) is 6.74. The predicted molar refractivity (Wildman–Crippen MR) is 115 cm³/mol. The number of nitrogens with zero attached hydrogens (tertiary/aromatic N) is 1. The fourth-order valence-corrected chi connectivity index (χ4v) is 4.28. The first-order chi connectivity index (χ1) is 15.2. The van der Waals surface area contributed by atoms with Crippen molar-refractivity contribution in [2.75, 3.05) is 36.1 Å². The summed E-state index contributed by atoms with van der Waals surface area (Å²) in [6.07, 6.45) is -1.21. The summed E-state index contributed by atoms with van der Waals surface area (Å²) in [6, 6.07) is 10.4. The number of hydrogen-bond acceptors (Lipinski definition) is 8. The molecular weight excluding hydrogens is 440 g/mol. The molecule has 10 nitrogen and oxygen atoms in total. The van der Waals surface area contributed by atoms with E-state index in [2.05, 4.69) is 10.1 Å². The Morgan fingerprint density at radius 3 is 2.44 bits per heavy atom. The van der Waals surface area contributed by atoms with Gasteiger partial charge in [-0.1, -0.05) is 12.1 Å². The molecule has 0 radical (unpaired) electrons. The van der Waals surface area contributed by atoms with Gasteiger partial charge in [-0.25, -0.2) is 18.0 Å². The molecule has 32 heavy (non-hydrogen) atoms. The van der Waals surface area contributed by atoms with Crippen LogP contribution in [0.5, 0.6) is 5.75 Å². The van der Waals surface area contributed by atoms with E-state index in [4.69, 9.17) is 9.47 Å². The van der Waals surface area contributed by atoms with Crippen LogP contribution < -0.4 is 14.4 Å². The van der Waals surface area contributed by atoms with Gasteiger partial charge in [0.2, 0.25) is 10.0 Å². The number of rotatable bonds is 6. The predicted octanol–water partition coefficient (Wildman–Crippen LogP) is 1.82. The Morgan fingerprint density at radius 1 is 1.09 bits per heavy atom. The van der Waals surface area contributed by atoms with E-state index >= 15 is 0 Å². The standard InChI is InChI=1S/C21H22N2O8S/c1-4-32(27,28)23-12-18(31-17-8-6-5-7-16(17)23)19(24)22-15-11-13(20(25)29-2)9-10-14(15)21(26)30-3/h5-11,18H,4,12H2,1-3H3,(H,22,24)/t18-/m1/s1. The molecule has 1 atom stereocenters. The van der Waals surface area contributed by atoms with Gasteiger partial charge in [-0.15, -0.1) is 0 Å². The molecule has 1 N–H and O–H groups in total. The van der Waals surface area contributed by atoms with Crippen LogP contribution in [0.25, 0.3) is 0 Å². The molecule has 2 aromatic carbocycles. The monoisotopic (exact) mass is 462 g/mol. The van der Waals surface area contributed by atoms with Crippen LogP contribution in [0.15, 0.2) is 42.5 Å². The zero-order valence-corrected chi connectivity index (χ0v) is 18.5. The van der Waals surface area contributed by atoms with Gasteiger partial charge in [-0.05, 0) is 37.3 Å². The van der Waals surface area contributed by atoms with Crippen molar-refractivity contribution in [3.05, 3.63) is 53.6 Å². The normalized spacial score (nSPS) is 15.2. The second kappa shape index (κ2) is 9.27. The third-order valence-electron chi connectivity index (χ3n) is 4.83. The summed E-state index contributed by atoms with van der Waals surface area (Å²) < 4.78 is 41.5. The summed E-state index contributed by atoms with van der Waals surface area (Å²) in [4.78, 5) is 37.0. The van der Waals surface area contributed by atoms with Gasteiger partial charge in [-0.2, -0.15) is 0 Å². The molecule has 2 aromatic rings. The summed E-state index contributed by atoms with van der Waals surface area (Å²) in [7, 11) is -1.31. The van der Waals surface area contributed by atoms with Gasteiger partial charge in [0.25, 0.3) is 5.91 Å². The van der Waals surface area contributed by atoms with Crippen molar-refractivity contribution in [2.45, 2.75) is 13.0 Å². The van der Waals surface area contributed by atoms with E-state index in [1.807, 2.05) is 0 Å². The third kappa shape index (κ3) is 4.52. The number of sulfonamides is 1. The van der Waals surface area contributed by atoms with E-state index < -0.39 is 34.0 Å². The Morgan fingerprint density at radius 2 is 1.78 bits per heavy atom. The van der Waals surface area contributed by atoms with E-state index in [0.29, 0.717) is 5.69 Å². The Balaban J connectivity index is 1.95. The number of nitrogens with one attached hydrogen (secondary N) is 1. The van der Waals surface area contributed by atoms with Gasteiger partial charge in [0.05, 0.1) is 49.0 Å². The number of esters is 2. The van der Waals surface area contributed by atoms with Crippen molar-refractivity contribution in [3.63, 3.8) is 0 Å². The molecule has 0 aromatic heterocycles. The summed E-state index contributed by atoms with van der Waals surface area (Å²) in [5.74, 6) is -2.04. The maximum Gasteiger partial charge on any atom is 0.339 e. The van der Waals surface area contributed by atoms with Gasteiger partial charge in [0.1, 0.15) is 5.75 Å². The Kier molecular flexibility index (Phi) is 6.68. The zero-order chi connectivity index (χ0) is 23.5. The summed E-state index contributed by atoms with van der Waals surface area (Å²) in [5, 5.41) is 2.54. The highest BCUT2D eigenvalue weighted by atomic mass is 32.2. The molecule has 1 aliphatic heterocycles. The lowest BCUT2D eigenvalue weighted by Gasteiger charge is -2.34. The highest BCUT2D eigenvalue weighted by Crippen LogP contribution is 2.35. The molecule has 1 amide bonds. The minimum Gasteiger partial charge on any atom is -0.476 e. The first-order valence-corrected chi connectivity index (χ1v) is 11.2. The van der Waals surface area contributed by atoms with Crippen LogP contribution in [-0.2, 0) is 24.3 Å². The van der Waals surface area contributed by atoms with Crippen LogP contribution in [-0.4, -0.2) is 58.9 Å². The van der Waals surface area contributed by atoms with Gasteiger partial charge in [0.15, 0.2) is 6.10 Å². The highest BCUT2D eigenvalue weighted by molar-refractivity contribution is 7.92. The minimum absolute atomic E-state index is 0.00254. The molecule has 0 spiro atoms. The van der Waals surface area contributed by atoms with Crippen molar-refractivity contribution >= 4 is 39.2 Å². The number of methoxy groups -OCH3 is 2. The Labute approximate surface area is 185 Å². The molecule has 0 saturated carbocycles. The lowest BCUT2D eigenvalue weighted by molar-refractivity contribution is -0.122. The third-order valence-corrected chi connectivity index (χ3v) is 6.58. The van der Waals surface area contributed by atoms with E-state index in [1.165, 1.54) is 39.3 Å². The molecule has 1 aliphatic rings. The average molecular weight is 462 g/mol. The van der Waals surface area contributed by atoms with Crippen molar-refractivity contribution in [1.29, 1.82) is 0 Å². The number of carbonyl (C=O) groups excluding carboxylic acids is 3. The number of anilines is 2. The molecule has 0 unspecified atom stereocenters. The van der Waals surface area contributed by atoms with Crippen LogP contribution in [0.3, 0.4) is 0 Å². The minimum atomic E-state index is -3.68. The topological polar surface area (TPSA) is 128 Å². The number of benzene rings is 2. The lowest BCUT2D eigenvalue weighted by atomic mass is 10.1. The fraction of sp³-hybridized carbons (Fsp3) is 0.286. The quantitative estimate of drug-likeness (QED) is 0.644. The summed E-state index contributed by atoms with van der Waals surface area (Å²) in [5.41, 5.74) is 0.432. The van der Waals surface area contributed by atoms with Crippen molar-refractivity contribution in [1.82, 2.24) is 0 Å². The van der Waals surface area contributed by atoms with Crippen molar-refractivity contribution in [3.8, 4) is 5.75 Å². The lowest BCUT2D eigenvalue weighted by Crippen LogP contribution is -2.49. The first-order valence-electron chi connectivity index (χ1n) is 9.59. The van der Waals surface area contributed by atoms with Gasteiger partial charge in [-0.3, -0.25) is 9.10 Å². The van der Waals surface area contributed by atoms with Crippen LogP contribution >= 0.6 is 0 Å². The molecule has 170 valence electrons. The second-order valence-corrected chi connectivity index (χ2v) is 8.92. The van der Waals surface area contributed by atoms with Crippen molar-refractivity contribution < 1.29 is 37.0 Å². The molecule has 3 rings (SSSR count). The first kappa shape index (κ1) is 23.1. The summed E-state index contributed by atoms with van der Waals surface area (Å²) in [6.45, 7) is 1.24. The molecule has 0 bridgehead atoms. The molecule has 11 heteroatoms. The van der Waals surface area contributed by atoms with Crippen LogP contribution in [0.1, 0.15) is 27.6 Å². The number of fused-ring (bicyclic) bond motifs is 1. The van der Waals surface area contributed by atoms with Crippen LogP contribution in [0, 0.1) is 0 Å². The van der Waals surface area contributed by atoms with Crippen LogP contribution in [0.2, 0.25) is 0 Å². The largest absolute Gasteiger partial charge is 0.476 e. The maximum atomic E-state index is 13.0. The van der Waals surface area contributed by atoms with E-state index in [-0.39, 0.29) is 34.9 Å². The average Bonchev–Trinajstić information content (AvgIpc) is 2.82. The highest BCUT2D eigenvalue weighted by Gasteiger charge is 2.36. The van der Waals surface area contributed by atoms with E-state index in [1.54, 1.807) is 24.3 Å². The molecule has 0 saturated heterocycles. The van der Waals surface area contributed by atoms with E-state index in [9.17, 15) is 22.8 Å².